The lowest BCUT2D eigenvalue weighted by atomic mass is 10.1. The maximum atomic E-state index is 12.5. The molecule has 3 rings (SSSR count). The number of aromatic nitrogens is 1. The molecule has 0 bridgehead atoms. The topological polar surface area (TPSA) is 71.5 Å². The zero-order valence-corrected chi connectivity index (χ0v) is 11.3. The summed E-state index contributed by atoms with van der Waals surface area (Å²) in [6.07, 6.45) is 1.49. The van der Waals surface area contributed by atoms with Crippen molar-refractivity contribution >= 4 is 33.6 Å². The van der Waals surface area contributed by atoms with Crippen molar-refractivity contribution in [3.8, 4) is 5.75 Å². The molecule has 0 saturated carbocycles. The molecule has 5 nitrogen and oxygen atoms in total. The lowest BCUT2D eigenvalue weighted by Gasteiger charge is -2.06. The summed E-state index contributed by atoms with van der Waals surface area (Å²) in [6, 6.07) is 10.3. The number of ether oxygens (including phenoxy) is 1. The van der Waals surface area contributed by atoms with E-state index in [2.05, 4.69) is 9.98 Å². The van der Waals surface area contributed by atoms with E-state index in [-0.39, 0.29) is 5.43 Å². The average molecular weight is 280 g/mol. The van der Waals surface area contributed by atoms with E-state index in [1.54, 1.807) is 36.4 Å². The number of hydrogen-bond donors (Lipinski definition) is 1. The summed E-state index contributed by atoms with van der Waals surface area (Å²) in [5.41, 5.74) is 1.72. The Hall–Kier alpha value is -2.91. The highest BCUT2D eigenvalue weighted by molar-refractivity contribution is 5.94. The molecule has 1 heterocycles. The lowest BCUT2D eigenvalue weighted by Crippen LogP contribution is -2.04. The van der Waals surface area contributed by atoms with E-state index in [9.17, 15) is 9.59 Å². The van der Waals surface area contributed by atoms with Gasteiger partial charge in [0.05, 0.1) is 23.3 Å². The van der Waals surface area contributed by atoms with E-state index in [0.717, 1.165) is 0 Å². The highest BCUT2D eigenvalue weighted by Gasteiger charge is 2.07. The molecule has 0 fully saturated rings. The number of aliphatic imine (C=N–C) groups is 1. The number of isocyanates is 1. The number of nitrogens with zero attached hydrogens (tertiary/aromatic N) is 1. The summed E-state index contributed by atoms with van der Waals surface area (Å²) in [5.74, 6) is 0.664. The fourth-order valence-corrected chi connectivity index (χ4v) is 2.32. The maximum Gasteiger partial charge on any atom is 0.240 e. The van der Waals surface area contributed by atoms with Crippen molar-refractivity contribution in [3.05, 3.63) is 46.6 Å². The molecule has 5 heteroatoms. The van der Waals surface area contributed by atoms with E-state index in [1.165, 1.54) is 6.08 Å². The molecule has 0 spiro atoms. The molecule has 0 aliphatic carbocycles. The SMILES string of the molecule is CCOc1ccc2[nH]c3cc(N=C=O)ccc3c(=O)c2c1. The maximum absolute atomic E-state index is 12.5. The Labute approximate surface area is 119 Å². The molecule has 0 atom stereocenters. The number of benzene rings is 2. The van der Waals surface area contributed by atoms with E-state index in [0.29, 0.717) is 39.8 Å². The number of pyridine rings is 1. The van der Waals surface area contributed by atoms with E-state index < -0.39 is 0 Å². The van der Waals surface area contributed by atoms with Crippen molar-refractivity contribution in [2.24, 2.45) is 4.99 Å². The Balaban J connectivity index is 2.31. The van der Waals surface area contributed by atoms with Crippen LogP contribution in [0.2, 0.25) is 0 Å². The first-order valence-corrected chi connectivity index (χ1v) is 6.53. The van der Waals surface area contributed by atoms with Crippen LogP contribution in [0.1, 0.15) is 6.92 Å². The smallest absolute Gasteiger partial charge is 0.240 e. The van der Waals surface area contributed by atoms with Gasteiger partial charge in [0, 0.05) is 10.8 Å². The van der Waals surface area contributed by atoms with Crippen molar-refractivity contribution in [2.75, 3.05) is 6.61 Å². The summed E-state index contributed by atoms with van der Waals surface area (Å²) in [5, 5.41) is 1.11. The first-order valence-electron chi connectivity index (χ1n) is 6.53. The van der Waals surface area contributed by atoms with Crippen LogP contribution in [0.4, 0.5) is 5.69 Å². The summed E-state index contributed by atoms with van der Waals surface area (Å²) in [6.45, 7) is 2.44. The third-order valence-electron chi connectivity index (χ3n) is 3.24. The predicted molar refractivity (Wildman–Crippen MR) is 81.0 cm³/mol. The van der Waals surface area contributed by atoms with Crippen LogP contribution in [0, 0.1) is 0 Å². The molecule has 0 saturated heterocycles. The molecule has 0 amide bonds. The minimum absolute atomic E-state index is 0.0815. The Morgan fingerprint density at radius 2 is 2.00 bits per heavy atom. The molecule has 1 N–H and O–H groups in total. The highest BCUT2D eigenvalue weighted by Crippen LogP contribution is 2.22. The Bertz CT molecular complexity index is 937. The van der Waals surface area contributed by atoms with Gasteiger partial charge >= 0.3 is 0 Å². The van der Waals surface area contributed by atoms with Crippen molar-refractivity contribution in [1.82, 2.24) is 4.98 Å². The molecule has 1 aromatic heterocycles. The number of hydrogen-bond acceptors (Lipinski definition) is 4. The minimum Gasteiger partial charge on any atom is -0.494 e. The minimum atomic E-state index is -0.0815. The van der Waals surface area contributed by atoms with Gasteiger partial charge in [0.25, 0.3) is 0 Å². The van der Waals surface area contributed by atoms with Crippen LogP contribution in [0.3, 0.4) is 0 Å². The second-order valence-corrected chi connectivity index (χ2v) is 4.53. The lowest BCUT2D eigenvalue weighted by molar-refractivity contribution is 0.340. The fourth-order valence-electron chi connectivity index (χ4n) is 2.32. The molecule has 2 aromatic carbocycles. The van der Waals surface area contributed by atoms with Crippen molar-refractivity contribution in [3.63, 3.8) is 0 Å². The van der Waals surface area contributed by atoms with Gasteiger partial charge in [-0.05, 0) is 43.3 Å². The Morgan fingerprint density at radius 3 is 2.76 bits per heavy atom. The van der Waals surface area contributed by atoms with E-state index in [1.807, 2.05) is 6.92 Å². The molecule has 0 radical (unpaired) electrons. The molecule has 0 unspecified atom stereocenters. The molecule has 0 aliphatic heterocycles. The predicted octanol–water partition coefficient (Wildman–Crippen LogP) is 3.05. The largest absolute Gasteiger partial charge is 0.494 e. The molecular weight excluding hydrogens is 268 g/mol. The fraction of sp³-hybridized carbons (Fsp3) is 0.125. The number of H-pyrrole nitrogens is 1. The van der Waals surface area contributed by atoms with Gasteiger partial charge < -0.3 is 9.72 Å². The van der Waals surface area contributed by atoms with Gasteiger partial charge in [-0.1, -0.05) is 0 Å². The van der Waals surface area contributed by atoms with E-state index >= 15 is 0 Å². The molecule has 0 aliphatic rings. The summed E-state index contributed by atoms with van der Waals surface area (Å²) in [7, 11) is 0. The zero-order valence-electron chi connectivity index (χ0n) is 11.3. The quantitative estimate of drug-likeness (QED) is 0.455. The second-order valence-electron chi connectivity index (χ2n) is 4.53. The van der Waals surface area contributed by atoms with Gasteiger partial charge in [0.1, 0.15) is 5.75 Å². The van der Waals surface area contributed by atoms with Crippen LogP contribution >= 0.6 is 0 Å². The molecular formula is C16H12N2O3. The van der Waals surface area contributed by atoms with Gasteiger partial charge in [-0.25, -0.2) is 4.79 Å². The van der Waals surface area contributed by atoms with E-state index in [4.69, 9.17) is 4.74 Å². The number of rotatable bonds is 3. The third kappa shape index (κ3) is 2.30. The summed E-state index contributed by atoms with van der Waals surface area (Å²) >= 11 is 0. The van der Waals surface area contributed by atoms with Gasteiger partial charge in [0.2, 0.25) is 6.08 Å². The Kier molecular flexibility index (Phi) is 3.26. The van der Waals surface area contributed by atoms with Gasteiger partial charge in [-0.2, -0.15) is 4.99 Å². The van der Waals surface area contributed by atoms with Gasteiger partial charge in [-0.3, -0.25) is 4.79 Å². The number of nitrogens with one attached hydrogen (secondary N) is 1. The standard InChI is InChI=1S/C16H12N2O3/c1-2-21-11-4-6-14-13(8-11)16(20)12-5-3-10(17-9-19)7-15(12)18-14/h3-8H,2H2,1H3,(H,18,20). The molecule has 21 heavy (non-hydrogen) atoms. The second kappa shape index (κ2) is 5.23. The Morgan fingerprint density at radius 1 is 1.14 bits per heavy atom. The molecule has 3 aromatic rings. The monoisotopic (exact) mass is 280 g/mol. The van der Waals surface area contributed by atoms with Crippen molar-refractivity contribution in [1.29, 1.82) is 0 Å². The number of aromatic amines is 1. The first-order chi connectivity index (χ1) is 10.2. The van der Waals surface area contributed by atoms with Crippen LogP contribution < -0.4 is 10.2 Å². The normalized spacial score (nSPS) is 10.5. The third-order valence-corrected chi connectivity index (χ3v) is 3.24. The van der Waals surface area contributed by atoms with Gasteiger partial charge in [0.15, 0.2) is 5.43 Å². The number of carbonyl (C=O) groups excluding carboxylic acids is 1. The van der Waals surface area contributed by atoms with Crippen molar-refractivity contribution in [2.45, 2.75) is 6.92 Å². The average Bonchev–Trinajstić information content (AvgIpc) is 2.49. The highest BCUT2D eigenvalue weighted by atomic mass is 16.5. The first kappa shape index (κ1) is 13.1. The van der Waals surface area contributed by atoms with Gasteiger partial charge in [-0.15, -0.1) is 0 Å². The van der Waals surface area contributed by atoms with Crippen LogP contribution in [-0.2, 0) is 4.79 Å². The summed E-state index contributed by atoms with van der Waals surface area (Å²) in [4.78, 5) is 29.6. The van der Waals surface area contributed by atoms with Crippen LogP contribution in [0.5, 0.6) is 5.75 Å². The van der Waals surface area contributed by atoms with Crippen LogP contribution in [0.25, 0.3) is 21.8 Å². The zero-order chi connectivity index (χ0) is 14.8. The van der Waals surface area contributed by atoms with Crippen LogP contribution in [0.15, 0.2) is 46.2 Å². The van der Waals surface area contributed by atoms with Crippen molar-refractivity contribution < 1.29 is 9.53 Å². The van der Waals surface area contributed by atoms with Crippen LogP contribution in [-0.4, -0.2) is 17.7 Å². The summed E-state index contributed by atoms with van der Waals surface area (Å²) < 4.78 is 5.42. The number of fused-ring (bicyclic) bond motifs is 2. The molecule has 104 valence electrons.